The summed E-state index contributed by atoms with van der Waals surface area (Å²) in [5.41, 5.74) is 0.384. The van der Waals surface area contributed by atoms with Crippen LogP contribution in [0.15, 0.2) is 49.6 Å². The molecule has 6 nitrogen and oxygen atoms in total. The van der Waals surface area contributed by atoms with Crippen LogP contribution in [0.3, 0.4) is 0 Å². The summed E-state index contributed by atoms with van der Waals surface area (Å²) in [6.45, 7) is 7.03. The third kappa shape index (κ3) is 4.19. The highest BCUT2D eigenvalue weighted by atomic mass is 16.9. The van der Waals surface area contributed by atoms with Crippen molar-refractivity contribution in [3.63, 3.8) is 0 Å². The molecule has 0 aliphatic carbocycles. The zero-order valence-corrected chi connectivity index (χ0v) is 9.82. The van der Waals surface area contributed by atoms with Gasteiger partial charge in [-0.05, 0) is 18.2 Å². The molecule has 0 aromatic heterocycles. The van der Waals surface area contributed by atoms with Gasteiger partial charge in [0.15, 0.2) is 0 Å². The summed E-state index contributed by atoms with van der Waals surface area (Å²) in [6, 6.07) is 5.93. The highest BCUT2D eigenvalue weighted by Gasteiger charge is 2.00. The van der Waals surface area contributed by atoms with Gasteiger partial charge in [-0.3, -0.25) is 9.68 Å². The molecule has 0 aliphatic rings. The summed E-state index contributed by atoms with van der Waals surface area (Å²) < 4.78 is 0. The SMILES string of the molecule is C=CCON([O-])c1cccc(N([O-])OCC=C)c1. The molecule has 0 saturated heterocycles. The first-order chi connectivity index (χ1) is 8.69. The Bertz CT molecular complexity index is 364. The predicted octanol–water partition coefficient (Wildman–Crippen LogP) is 2.53. The molecular weight excluding hydrogens is 236 g/mol. The second kappa shape index (κ2) is 7.46. The monoisotopic (exact) mass is 250 g/mol. The number of hydrogen-bond acceptors (Lipinski definition) is 6. The van der Waals surface area contributed by atoms with Crippen molar-refractivity contribution >= 4 is 11.4 Å². The lowest BCUT2D eigenvalue weighted by molar-refractivity contribution is 0.158. The summed E-state index contributed by atoms with van der Waals surface area (Å²) in [4.78, 5) is 9.55. The average molecular weight is 250 g/mol. The number of benzene rings is 1. The van der Waals surface area contributed by atoms with E-state index in [2.05, 4.69) is 13.2 Å². The molecule has 6 heteroatoms. The molecule has 0 heterocycles. The molecule has 1 aromatic rings. The van der Waals surface area contributed by atoms with Crippen LogP contribution in [0, 0.1) is 10.4 Å². The smallest absolute Gasteiger partial charge is 0.0917 e. The minimum Gasteiger partial charge on any atom is -0.733 e. The van der Waals surface area contributed by atoms with Crippen LogP contribution in [-0.2, 0) is 9.68 Å². The molecular formula is C12H14N2O4-2. The quantitative estimate of drug-likeness (QED) is 0.521. The van der Waals surface area contributed by atoms with E-state index in [9.17, 15) is 10.4 Å². The first kappa shape index (κ1) is 14.2. The number of anilines is 2. The minimum absolute atomic E-state index is 0.0851. The standard InChI is InChI=1S/C12H14N2O4/c1-3-8-17-13(15)11-6-5-7-12(10-11)14(16)18-9-4-2/h3-7,10H,1-2,8-9H2/q-2. The van der Waals surface area contributed by atoms with Crippen LogP contribution in [0.5, 0.6) is 0 Å². The zero-order chi connectivity index (χ0) is 13.4. The Kier molecular flexibility index (Phi) is 5.89. The van der Waals surface area contributed by atoms with Crippen molar-refractivity contribution in [3.05, 3.63) is 60.0 Å². The van der Waals surface area contributed by atoms with E-state index in [1.54, 1.807) is 6.07 Å². The summed E-state index contributed by atoms with van der Waals surface area (Å²) in [5.74, 6) is 0. The molecule has 0 spiro atoms. The van der Waals surface area contributed by atoms with Crippen LogP contribution in [0.25, 0.3) is 0 Å². The summed E-state index contributed by atoms with van der Waals surface area (Å²) in [7, 11) is 0. The topological polar surface area (TPSA) is 71.1 Å². The predicted molar refractivity (Wildman–Crippen MR) is 70.4 cm³/mol. The molecule has 0 amide bonds. The second-order valence-electron chi connectivity index (χ2n) is 3.20. The lowest BCUT2D eigenvalue weighted by atomic mass is 10.3. The van der Waals surface area contributed by atoms with Gasteiger partial charge in [-0.25, -0.2) is 0 Å². The van der Waals surface area contributed by atoms with Gasteiger partial charge in [-0.15, -0.1) is 13.2 Å². The van der Waals surface area contributed by atoms with Gasteiger partial charge in [0.1, 0.15) is 0 Å². The Balaban J connectivity index is 2.71. The fraction of sp³-hybridized carbons (Fsp3) is 0.167. The number of nitrogens with zero attached hydrogens (tertiary/aromatic N) is 2. The third-order valence-corrected chi connectivity index (χ3v) is 1.87. The Morgan fingerprint density at radius 3 is 1.83 bits per heavy atom. The van der Waals surface area contributed by atoms with Crippen molar-refractivity contribution in [2.75, 3.05) is 23.7 Å². The van der Waals surface area contributed by atoms with E-state index in [0.717, 1.165) is 0 Å². The van der Waals surface area contributed by atoms with Gasteiger partial charge < -0.3 is 20.9 Å². The zero-order valence-electron chi connectivity index (χ0n) is 9.82. The molecule has 1 aromatic carbocycles. The largest absolute Gasteiger partial charge is 0.733 e. The molecule has 1 rings (SSSR count). The van der Waals surface area contributed by atoms with Crippen molar-refractivity contribution in [1.82, 2.24) is 0 Å². The second-order valence-corrected chi connectivity index (χ2v) is 3.20. The first-order valence-electron chi connectivity index (χ1n) is 5.21. The van der Waals surface area contributed by atoms with Crippen LogP contribution in [-0.4, -0.2) is 13.2 Å². The van der Waals surface area contributed by atoms with E-state index in [4.69, 9.17) is 9.68 Å². The first-order valence-corrected chi connectivity index (χ1v) is 5.21. The minimum atomic E-state index is 0.0851. The van der Waals surface area contributed by atoms with E-state index in [1.807, 2.05) is 0 Å². The molecule has 0 fully saturated rings. The van der Waals surface area contributed by atoms with Crippen molar-refractivity contribution in [3.8, 4) is 0 Å². The maximum atomic E-state index is 11.5. The molecule has 18 heavy (non-hydrogen) atoms. The lowest BCUT2D eigenvalue weighted by Gasteiger charge is -2.32. The van der Waals surface area contributed by atoms with Gasteiger partial charge in [0.2, 0.25) is 0 Å². The normalized spacial score (nSPS) is 9.89. The van der Waals surface area contributed by atoms with E-state index in [0.29, 0.717) is 10.5 Å². The Labute approximate surface area is 105 Å². The molecule has 0 atom stereocenters. The van der Waals surface area contributed by atoms with Crippen molar-refractivity contribution in [2.45, 2.75) is 0 Å². The number of rotatable bonds is 8. The molecule has 0 saturated carbocycles. The van der Waals surface area contributed by atoms with Crippen molar-refractivity contribution in [1.29, 1.82) is 0 Å². The van der Waals surface area contributed by atoms with E-state index in [1.165, 1.54) is 30.4 Å². The fourth-order valence-electron chi connectivity index (χ4n) is 1.11. The fourth-order valence-corrected chi connectivity index (χ4v) is 1.11. The van der Waals surface area contributed by atoms with Gasteiger partial charge in [0, 0.05) is 0 Å². The van der Waals surface area contributed by atoms with E-state index < -0.39 is 0 Å². The summed E-state index contributed by atoms with van der Waals surface area (Å²) in [6.07, 6.45) is 2.89. The number of hydrogen-bond donors (Lipinski definition) is 0. The molecule has 0 N–H and O–H groups in total. The highest BCUT2D eigenvalue weighted by Crippen LogP contribution is 2.22. The van der Waals surface area contributed by atoms with Crippen molar-refractivity contribution < 1.29 is 9.68 Å². The Hall–Kier alpha value is -1.86. The van der Waals surface area contributed by atoms with E-state index >= 15 is 0 Å². The molecule has 0 unspecified atom stereocenters. The Morgan fingerprint density at radius 2 is 1.44 bits per heavy atom. The van der Waals surface area contributed by atoms with Crippen molar-refractivity contribution in [2.24, 2.45) is 0 Å². The van der Waals surface area contributed by atoms with Crippen LogP contribution in [0.2, 0.25) is 0 Å². The molecule has 0 bridgehead atoms. The van der Waals surface area contributed by atoms with Gasteiger partial charge in [0.25, 0.3) is 0 Å². The molecule has 98 valence electrons. The molecule has 0 radical (unpaired) electrons. The third-order valence-electron chi connectivity index (χ3n) is 1.87. The maximum absolute atomic E-state index is 11.5. The van der Waals surface area contributed by atoms with Gasteiger partial charge >= 0.3 is 0 Å². The van der Waals surface area contributed by atoms with Crippen LogP contribution in [0.1, 0.15) is 0 Å². The lowest BCUT2D eigenvalue weighted by Crippen LogP contribution is -2.18. The summed E-state index contributed by atoms with van der Waals surface area (Å²) in [5, 5.41) is 23.5. The highest BCUT2D eigenvalue weighted by molar-refractivity contribution is 5.57. The van der Waals surface area contributed by atoms with Gasteiger partial charge in [-0.2, -0.15) is 0 Å². The van der Waals surface area contributed by atoms with Gasteiger partial charge in [0.05, 0.1) is 24.6 Å². The maximum Gasteiger partial charge on any atom is 0.0917 e. The summed E-state index contributed by atoms with van der Waals surface area (Å²) >= 11 is 0. The van der Waals surface area contributed by atoms with E-state index in [-0.39, 0.29) is 24.6 Å². The average Bonchev–Trinajstić information content (AvgIpc) is 2.42. The Morgan fingerprint density at radius 1 is 1.00 bits per heavy atom. The molecule has 0 aliphatic heterocycles. The van der Waals surface area contributed by atoms with Crippen LogP contribution < -0.4 is 10.5 Å². The van der Waals surface area contributed by atoms with Crippen LogP contribution in [0.4, 0.5) is 11.4 Å². The van der Waals surface area contributed by atoms with Crippen LogP contribution >= 0.6 is 0 Å². The van der Waals surface area contributed by atoms with Gasteiger partial charge in [-0.1, -0.05) is 18.2 Å².